The number of carboxylic acid groups (broad SMARTS) is 1. The molecule has 5 nitrogen and oxygen atoms in total. The van der Waals surface area contributed by atoms with Gasteiger partial charge in [0.25, 0.3) is 0 Å². The third-order valence-electron chi connectivity index (χ3n) is 5.17. The van der Waals surface area contributed by atoms with Crippen molar-refractivity contribution in [1.82, 2.24) is 0 Å². The van der Waals surface area contributed by atoms with E-state index in [-0.39, 0.29) is 5.91 Å². The lowest BCUT2D eigenvalue weighted by Crippen LogP contribution is -2.41. The van der Waals surface area contributed by atoms with Gasteiger partial charge in [-0.15, -0.1) is 0 Å². The highest BCUT2D eigenvalue weighted by molar-refractivity contribution is 5.95. The molecule has 1 aliphatic carbocycles. The molecule has 0 radical (unpaired) electrons. The highest BCUT2D eigenvalue weighted by atomic mass is 16.5. The number of allylic oxidation sites excluding steroid dienone is 2. The predicted molar refractivity (Wildman–Crippen MR) is 109 cm³/mol. The summed E-state index contributed by atoms with van der Waals surface area (Å²) in [7, 11) is 0. The van der Waals surface area contributed by atoms with Gasteiger partial charge in [-0.2, -0.15) is 0 Å². The Morgan fingerprint density at radius 2 is 1.55 bits per heavy atom. The summed E-state index contributed by atoms with van der Waals surface area (Å²) in [5, 5.41) is 16.2. The Labute approximate surface area is 168 Å². The fourth-order valence-electron chi connectivity index (χ4n) is 3.62. The summed E-state index contributed by atoms with van der Waals surface area (Å²) in [6.45, 7) is 0. The standard InChI is InChI=1S/C24H21NO4/c26-23(20-9-3-4-10-21(20)24(27)28)25-17-12-14-18(15-13-17)29-22-11-5-7-16-6-1-2-8-19(16)22/h1-8,11-15,20-21H,9-10H2,(H,25,26)(H,27,28)/p-1/t20-,21-/m1/s1. The average Bonchev–Trinajstić information content (AvgIpc) is 2.75. The smallest absolute Gasteiger partial charge is 0.228 e. The molecular weight excluding hydrogens is 366 g/mol. The predicted octanol–water partition coefficient (Wildman–Crippen LogP) is 3.90. The van der Waals surface area contributed by atoms with Gasteiger partial charge in [0.1, 0.15) is 11.5 Å². The van der Waals surface area contributed by atoms with E-state index in [0.717, 1.165) is 16.5 Å². The lowest BCUT2D eigenvalue weighted by molar-refractivity contribution is -0.313. The van der Waals surface area contributed by atoms with Gasteiger partial charge >= 0.3 is 0 Å². The van der Waals surface area contributed by atoms with Crippen LogP contribution in [0.4, 0.5) is 5.69 Å². The highest BCUT2D eigenvalue weighted by Crippen LogP contribution is 2.31. The van der Waals surface area contributed by atoms with Crippen LogP contribution in [0.15, 0.2) is 78.9 Å². The molecule has 0 spiro atoms. The maximum absolute atomic E-state index is 12.5. The number of hydrogen-bond donors (Lipinski definition) is 1. The summed E-state index contributed by atoms with van der Waals surface area (Å²) in [6, 6.07) is 20.9. The van der Waals surface area contributed by atoms with Crippen LogP contribution in [-0.2, 0) is 9.59 Å². The molecule has 0 fully saturated rings. The molecule has 1 N–H and O–H groups in total. The van der Waals surface area contributed by atoms with Crippen LogP contribution < -0.4 is 15.2 Å². The van der Waals surface area contributed by atoms with Gasteiger partial charge in [0.15, 0.2) is 0 Å². The van der Waals surface area contributed by atoms with Crippen LogP contribution in [-0.4, -0.2) is 11.9 Å². The monoisotopic (exact) mass is 386 g/mol. The van der Waals surface area contributed by atoms with E-state index in [9.17, 15) is 14.7 Å². The van der Waals surface area contributed by atoms with Crippen molar-refractivity contribution in [3.05, 3.63) is 78.9 Å². The maximum atomic E-state index is 12.5. The second-order valence-electron chi connectivity index (χ2n) is 7.07. The lowest BCUT2D eigenvalue weighted by Gasteiger charge is -2.28. The second-order valence-corrected chi connectivity index (χ2v) is 7.07. The van der Waals surface area contributed by atoms with Crippen molar-refractivity contribution in [3.8, 4) is 11.5 Å². The molecule has 29 heavy (non-hydrogen) atoms. The molecule has 0 unspecified atom stereocenters. The van der Waals surface area contributed by atoms with Crippen LogP contribution in [0.3, 0.4) is 0 Å². The topological polar surface area (TPSA) is 78.5 Å². The van der Waals surface area contributed by atoms with Crippen molar-refractivity contribution >= 4 is 28.3 Å². The number of anilines is 1. The number of carbonyl (C=O) groups is 2. The first-order valence-electron chi connectivity index (χ1n) is 9.54. The summed E-state index contributed by atoms with van der Waals surface area (Å²) in [4.78, 5) is 23.8. The van der Waals surface area contributed by atoms with E-state index >= 15 is 0 Å². The molecule has 0 aromatic heterocycles. The molecule has 0 saturated carbocycles. The van der Waals surface area contributed by atoms with Crippen LogP contribution in [0, 0.1) is 11.8 Å². The van der Waals surface area contributed by atoms with E-state index in [2.05, 4.69) is 5.32 Å². The average molecular weight is 386 g/mol. The van der Waals surface area contributed by atoms with Crippen LogP contribution in [0.5, 0.6) is 11.5 Å². The molecule has 3 aromatic carbocycles. The highest BCUT2D eigenvalue weighted by Gasteiger charge is 2.29. The third-order valence-corrected chi connectivity index (χ3v) is 5.17. The van der Waals surface area contributed by atoms with Gasteiger partial charge in [-0.05, 0) is 48.6 Å². The Morgan fingerprint density at radius 3 is 2.31 bits per heavy atom. The molecule has 146 valence electrons. The molecule has 1 aliphatic rings. The van der Waals surface area contributed by atoms with Crippen molar-refractivity contribution in [2.75, 3.05) is 5.32 Å². The Bertz CT molecular complexity index is 1070. The van der Waals surface area contributed by atoms with E-state index in [0.29, 0.717) is 24.3 Å². The Hall–Kier alpha value is -3.60. The molecule has 1 amide bonds. The van der Waals surface area contributed by atoms with Gasteiger partial charge in [0.05, 0.1) is 5.92 Å². The van der Waals surface area contributed by atoms with E-state index in [4.69, 9.17) is 4.74 Å². The van der Waals surface area contributed by atoms with Crippen LogP contribution in [0.25, 0.3) is 10.8 Å². The molecule has 0 heterocycles. The number of hydrogen-bond acceptors (Lipinski definition) is 4. The molecule has 3 aromatic rings. The Morgan fingerprint density at radius 1 is 0.862 bits per heavy atom. The first-order chi connectivity index (χ1) is 14.1. The van der Waals surface area contributed by atoms with Crippen LogP contribution >= 0.6 is 0 Å². The van der Waals surface area contributed by atoms with Crippen molar-refractivity contribution in [1.29, 1.82) is 0 Å². The van der Waals surface area contributed by atoms with Crippen molar-refractivity contribution < 1.29 is 19.4 Å². The second kappa shape index (κ2) is 8.19. The van der Waals surface area contributed by atoms with E-state index in [1.54, 1.807) is 30.3 Å². The normalized spacial score (nSPS) is 18.3. The van der Waals surface area contributed by atoms with E-state index in [1.165, 1.54) is 0 Å². The molecule has 0 bridgehead atoms. The van der Waals surface area contributed by atoms with Gasteiger partial charge in [-0.25, -0.2) is 0 Å². The minimum atomic E-state index is -1.19. The zero-order valence-corrected chi connectivity index (χ0v) is 15.7. The first-order valence-corrected chi connectivity index (χ1v) is 9.54. The summed E-state index contributed by atoms with van der Waals surface area (Å²) in [6.07, 6.45) is 4.33. The largest absolute Gasteiger partial charge is 0.550 e. The fourth-order valence-corrected chi connectivity index (χ4v) is 3.62. The Kier molecular flexibility index (Phi) is 5.29. The number of rotatable bonds is 5. The number of ether oxygens (including phenoxy) is 1. The summed E-state index contributed by atoms with van der Waals surface area (Å²) < 4.78 is 6.01. The number of fused-ring (bicyclic) bond motifs is 1. The number of aliphatic carboxylic acids is 1. The SMILES string of the molecule is O=C([O-])[C@@H]1CC=CC[C@H]1C(=O)Nc1ccc(Oc2cccc3ccccc23)cc1. The number of nitrogens with one attached hydrogen (secondary N) is 1. The van der Waals surface area contributed by atoms with Crippen LogP contribution in [0.1, 0.15) is 12.8 Å². The molecule has 0 saturated heterocycles. The van der Waals surface area contributed by atoms with Gasteiger partial charge in [0, 0.05) is 23.0 Å². The maximum Gasteiger partial charge on any atom is 0.228 e. The molecule has 2 atom stereocenters. The van der Waals surface area contributed by atoms with E-state index in [1.807, 2.05) is 48.5 Å². The van der Waals surface area contributed by atoms with Gasteiger partial charge in [0.2, 0.25) is 5.91 Å². The molecular formula is C24H20NO4-. The zero-order valence-electron chi connectivity index (χ0n) is 15.7. The van der Waals surface area contributed by atoms with Crippen molar-refractivity contribution in [3.63, 3.8) is 0 Å². The van der Waals surface area contributed by atoms with E-state index < -0.39 is 17.8 Å². The van der Waals surface area contributed by atoms with Crippen molar-refractivity contribution in [2.45, 2.75) is 12.8 Å². The third kappa shape index (κ3) is 4.14. The summed E-state index contributed by atoms with van der Waals surface area (Å²) >= 11 is 0. The number of amides is 1. The number of benzene rings is 3. The Balaban J connectivity index is 1.46. The lowest BCUT2D eigenvalue weighted by atomic mass is 9.82. The minimum Gasteiger partial charge on any atom is -0.550 e. The zero-order chi connectivity index (χ0) is 20.2. The quantitative estimate of drug-likeness (QED) is 0.675. The van der Waals surface area contributed by atoms with Crippen molar-refractivity contribution in [2.24, 2.45) is 11.8 Å². The number of carboxylic acids is 1. The molecule has 0 aliphatic heterocycles. The van der Waals surface area contributed by atoms with Crippen LogP contribution in [0.2, 0.25) is 0 Å². The minimum absolute atomic E-state index is 0.314. The fraction of sp³-hybridized carbons (Fsp3) is 0.167. The van der Waals surface area contributed by atoms with Gasteiger partial charge in [-0.3, -0.25) is 4.79 Å². The summed E-state index contributed by atoms with van der Waals surface area (Å²) in [5.41, 5.74) is 0.590. The molecule has 4 rings (SSSR count). The van der Waals surface area contributed by atoms with Gasteiger partial charge in [-0.1, -0.05) is 48.6 Å². The number of carbonyl (C=O) groups excluding carboxylic acids is 2. The molecule has 5 heteroatoms. The van der Waals surface area contributed by atoms with Gasteiger partial charge < -0.3 is 20.0 Å². The summed E-state index contributed by atoms with van der Waals surface area (Å²) in [5.74, 6) is -1.52. The first kappa shape index (κ1) is 18.7.